The molecule has 6 aliphatic rings. The Hall–Kier alpha value is -2.18. The van der Waals surface area contributed by atoms with Gasteiger partial charge >= 0.3 is 5.97 Å². The monoisotopic (exact) mass is 576 g/mol. The Balaban J connectivity index is 1.24. The van der Waals surface area contributed by atoms with Crippen LogP contribution in [0.2, 0.25) is 0 Å². The van der Waals surface area contributed by atoms with Gasteiger partial charge in [-0.1, -0.05) is 52.3 Å². The van der Waals surface area contributed by atoms with Gasteiger partial charge in [-0.3, -0.25) is 14.5 Å². The Morgan fingerprint density at radius 2 is 1.67 bits per heavy atom. The highest BCUT2D eigenvalue weighted by atomic mass is 16.5. The van der Waals surface area contributed by atoms with Gasteiger partial charge < -0.3 is 14.7 Å². The van der Waals surface area contributed by atoms with E-state index in [2.05, 4.69) is 63.6 Å². The Bertz CT molecular complexity index is 1320. The zero-order chi connectivity index (χ0) is 30.3. The molecule has 1 saturated heterocycles. The second kappa shape index (κ2) is 9.92. The third kappa shape index (κ3) is 4.41. The predicted molar refractivity (Wildman–Crippen MR) is 166 cm³/mol. The number of likely N-dealkylation sites (N-methyl/N-ethyl adjacent to an activating group) is 1. The Labute approximate surface area is 252 Å². The van der Waals surface area contributed by atoms with Crippen LogP contribution in [0, 0.1) is 33.0 Å². The van der Waals surface area contributed by atoms with Crippen LogP contribution >= 0.6 is 0 Å². The van der Waals surface area contributed by atoms with Crippen LogP contribution in [0.5, 0.6) is 0 Å². The number of carbonyl (C=O) groups excluding carboxylic acids is 2. The van der Waals surface area contributed by atoms with Crippen molar-refractivity contribution in [1.82, 2.24) is 9.80 Å². The normalized spacial score (nSPS) is 42.4. The van der Waals surface area contributed by atoms with Crippen LogP contribution in [0.4, 0.5) is 0 Å². The first kappa shape index (κ1) is 29.9. The molecular formula is C36H52N2O4. The molecule has 0 unspecified atom stereocenters. The molecule has 0 aromatic rings. The maximum atomic E-state index is 12.9. The lowest BCUT2D eigenvalue weighted by atomic mass is 9.34. The van der Waals surface area contributed by atoms with Crippen molar-refractivity contribution >= 4 is 11.8 Å². The molecule has 0 spiro atoms. The number of ketones is 1. The van der Waals surface area contributed by atoms with Crippen LogP contribution in [-0.4, -0.2) is 73.0 Å². The topological polar surface area (TPSA) is 70.1 Å². The van der Waals surface area contributed by atoms with E-state index in [9.17, 15) is 14.7 Å². The van der Waals surface area contributed by atoms with E-state index in [1.54, 1.807) is 6.08 Å². The summed E-state index contributed by atoms with van der Waals surface area (Å²) in [5.74, 6) is 0.0729. The lowest BCUT2D eigenvalue weighted by Gasteiger charge is -2.70. The first-order valence-electron chi connectivity index (χ1n) is 16.3. The van der Waals surface area contributed by atoms with E-state index in [-0.39, 0.29) is 44.6 Å². The minimum absolute atomic E-state index is 0.00353. The van der Waals surface area contributed by atoms with Crippen molar-refractivity contribution in [2.45, 2.75) is 86.5 Å². The van der Waals surface area contributed by atoms with Gasteiger partial charge in [-0.25, -0.2) is 0 Å². The van der Waals surface area contributed by atoms with Crippen LogP contribution in [-0.2, 0) is 14.3 Å². The number of aliphatic hydroxyl groups is 1. The molecule has 0 amide bonds. The summed E-state index contributed by atoms with van der Waals surface area (Å²) in [4.78, 5) is 30.2. The molecule has 4 fully saturated rings. The number of nitrogens with zero attached hydrogens (tertiary/aromatic N) is 2. The van der Waals surface area contributed by atoms with Gasteiger partial charge in [0.05, 0.1) is 13.2 Å². The number of hydrogen-bond acceptors (Lipinski definition) is 6. The van der Waals surface area contributed by atoms with E-state index in [1.165, 1.54) is 18.4 Å². The highest BCUT2D eigenvalue weighted by molar-refractivity contribution is 6.06. The molecule has 6 nitrogen and oxygen atoms in total. The number of carbonyl (C=O) groups is 2. The summed E-state index contributed by atoms with van der Waals surface area (Å²) in [5.41, 5.74) is 4.45. The molecule has 0 aromatic carbocycles. The van der Waals surface area contributed by atoms with Crippen molar-refractivity contribution in [3.63, 3.8) is 0 Å². The van der Waals surface area contributed by atoms with E-state index < -0.39 is 0 Å². The van der Waals surface area contributed by atoms with Gasteiger partial charge in [0, 0.05) is 42.6 Å². The zero-order valence-corrected chi connectivity index (χ0v) is 27.1. The lowest BCUT2D eigenvalue weighted by Crippen LogP contribution is -2.62. The quantitative estimate of drug-likeness (QED) is 0.391. The fourth-order valence-electron chi connectivity index (χ4n) is 10.1. The maximum Gasteiger partial charge on any atom is 0.320 e. The smallest absolute Gasteiger partial charge is 0.320 e. The molecular weight excluding hydrogens is 524 g/mol. The van der Waals surface area contributed by atoms with Crippen LogP contribution in [0.3, 0.4) is 0 Å². The number of hydrogen-bond donors (Lipinski definition) is 1. The van der Waals surface area contributed by atoms with E-state index in [4.69, 9.17) is 4.74 Å². The van der Waals surface area contributed by atoms with Gasteiger partial charge in [0.1, 0.15) is 0 Å². The fourth-order valence-corrected chi connectivity index (χ4v) is 10.1. The van der Waals surface area contributed by atoms with Gasteiger partial charge in [0.2, 0.25) is 5.78 Å². The summed E-state index contributed by atoms with van der Waals surface area (Å²) in [6, 6.07) is 0. The van der Waals surface area contributed by atoms with Crippen molar-refractivity contribution in [3.8, 4) is 0 Å². The van der Waals surface area contributed by atoms with Crippen molar-refractivity contribution in [1.29, 1.82) is 0 Å². The summed E-state index contributed by atoms with van der Waals surface area (Å²) >= 11 is 0. The van der Waals surface area contributed by atoms with Crippen LogP contribution < -0.4 is 0 Å². The summed E-state index contributed by atoms with van der Waals surface area (Å²) < 4.78 is 6.03. The summed E-state index contributed by atoms with van der Waals surface area (Å²) in [6.45, 7) is 18.9. The highest BCUT2D eigenvalue weighted by Crippen LogP contribution is 2.75. The first-order valence-corrected chi connectivity index (χ1v) is 16.3. The standard InChI is InChI=1S/C36H52N2O4/c1-24-25-8-9-28-34(4,26(25)20-27(39)31(24)41)13-15-36(6)29-21-32(2,10-11-33(29,3)12-14-35(28,36)5)23-42-30(40)22-38-18-16-37(7)17-19-38/h8-9,20,29,41H,10-19,21-23H2,1-7H3/t29-,32-,33-,34+,35-,36+/m1/s1. The van der Waals surface area contributed by atoms with Crippen LogP contribution in [0.25, 0.3) is 0 Å². The van der Waals surface area contributed by atoms with Crippen LogP contribution in [0.15, 0.2) is 46.3 Å². The average molecular weight is 577 g/mol. The molecule has 1 heterocycles. The number of esters is 1. The lowest BCUT2D eigenvalue weighted by molar-refractivity contribution is -0.173. The SMILES string of the molecule is CC1=C(O)C(=O)C=C2C1=CC=C1[C@@]2(C)CC[C@@]2(C)[C@@H]3C[C@](C)(COC(=O)CN4CCN(C)CC4)CC[C@]3(C)CC[C@]12C. The van der Waals surface area contributed by atoms with E-state index in [1.807, 2.05) is 6.92 Å². The summed E-state index contributed by atoms with van der Waals surface area (Å²) in [5, 5.41) is 10.4. The second-order valence-electron chi connectivity index (χ2n) is 16.1. The molecule has 5 aliphatic carbocycles. The van der Waals surface area contributed by atoms with E-state index in [0.29, 0.717) is 24.6 Å². The second-order valence-corrected chi connectivity index (χ2v) is 16.1. The predicted octanol–water partition coefficient (Wildman–Crippen LogP) is 6.40. The molecule has 6 rings (SSSR count). The molecule has 6 atom stereocenters. The third-order valence-corrected chi connectivity index (χ3v) is 13.5. The summed E-state index contributed by atoms with van der Waals surface area (Å²) in [6.07, 6.45) is 14.0. The Kier molecular flexibility index (Phi) is 7.05. The minimum Gasteiger partial charge on any atom is -0.504 e. The minimum atomic E-state index is -0.262. The molecule has 6 heteroatoms. The van der Waals surface area contributed by atoms with Gasteiger partial charge in [-0.15, -0.1) is 0 Å². The Morgan fingerprint density at radius 3 is 2.38 bits per heavy atom. The molecule has 0 bridgehead atoms. The maximum absolute atomic E-state index is 12.9. The average Bonchev–Trinajstić information content (AvgIpc) is 2.95. The molecule has 1 aliphatic heterocycles. The molecule has 42 heavy (non-hydrogen) atoms. The number of piperazine rings is 1. The summed E-state index contributed by atoms with van der Waals surface area (Å²) in [7, 11) is 2.13. The van der Waals surface area contributed by atoms with Crippen molar-refractivity contribution < 1.29 is 19.4 Å². The van der Waals surface area contributed by atoms with Gasteiger partial charge in [-0.05, 0) is 98.3 Å². The molecule has 0 aromatic heterocycles. The van der Waals surface area contributed by atoms with Crippen molar-refractivity contribution in [3.05, 3.63) is 46.3 Å². The van der Waals surface area contributed by atoms with Crippen LogP contribution in [0.1, 0.15) is 86.5 Å². The third-order valence-electron chi connectivity index (χ3n) is 13.5. The van der Waals surface area contributed by atoms with Gasteiger partial charge in [0.15, 0.2) is 5.76 Å². The number of aliphatic hydroxyl groups excluding tert-OH is 1. The Morgan fingerprint density at radius 1 is 0.976 bits per heavy atom. The largest absolute Gasteiger partial charge is 0.504 e. The van der Waals surface area contributed by atoms with Crippen molar-refractivity contribution in [2.75, 3.05) is 46.4 Å². The van der Waals surface area contributed by atoms with E-state index >= 15 is 0 Å². The number of allylic oxidation sites excluding steroid dienone is 7. The van der Waals surface area contributed by atoms with Gasteiger partial charge in [-0.2, -0.15) is 0 Å². The molecule has 1 N–H and O–H groups in total. The molecule has 0 radical (unpaired) electrons. The van der Waals surface area contributed by atoms with Gasteiger partial charge in [0.25, 0.3) is 0 Å². The first-order chi connectivity index (χ1) is 19.6. The number of ether oxygens (including phenoxy) is 1. The fraction of sp³-hybridized carbons (Fsp3) is 0.722. The molecule has 3 saturated carbocycles. The number of rotatable bonds is 4. The molecule has 230 valence electrons. The van der Waals surface area contributed by atoms with E-state index in [0.717, 1.165) is 69.4 Å². The zero-order valence-electron chi connectivity index (χ0n) is 27.1. The highest BCUT2D eigenvalue weighted by Gasteiger charge is 2.66. The number of fused-ring (bicyclic) bond motifs is 7. The van der Waals surface area contributed by atoms with Crippen molar-refractivity contribution in [2.24, 2.45) is 33.0 Å².